The van der Waals surface area contributed by atoms with Gasteiger partial charge in [0.2, 0.25) is 5.78 Å². The van der Waals surface area contributed by atoms with E-state index in [9.17, 15) is 19.2 Å². The zero-order chi connectivity index (χ0) is 27.1. The molecule has 0 radical (unpaired) electrons. The van der Waals surface area contributed by atoms with Gasteiger partial charge in [-0.1, -0.05) is 30.3 Å². The molecule has 0 bridgehead atoms. The highest BCUT2D eigenvalue weighted by molar-refractivity contribution is 6.03. The molecule has 0 amide bonds. The minimum absolute atomic E-state index is 0.0151. The Morgan fingerprint density at radius 3 is 2.55 bits per heavy atom. The molecule has 1 aromatic heterocycles. The van der Waals surface area contributed by atoms with Gasteiger partial charge in [0.1, 0.15) is 6.10 Å². The Morgan fingerprint density at radius 2 is 1.87 bits per heavy atom. The van der Waals surface area contributed by atoms with Gasteiger partial charge in [-0.2, -0.15) is 0 Å². The number of cyclic esters (lactones) is 1. The summed E-state index contributed by atoms with van der Waals surface area (Å²) in [5, 5.41) is 0. The Kier molecular flexibility index (Phi) is 6.70. The molecular formula is C28H30N2O8. The molecule has 1 saturated heterocycles. The summed E-state index contributed by atoms with van der Waals surface area (Å²) in [5.41, 5.74) is 12.4. The van der Waals surface area contributed by atoms with Crippen LogP contribution in [-0.4, -0.2) is 41.9 Å². The van der Waals surface area contributed by atoms with E-state index in [0.717, 1.165) is 5.56 Å². The van der Waals surface area contributed by atoms with Gasteiger partial charge in [0.15, 0.2) is 5.76 Å². The van der Waals surface area contributed by atoms with Gasteiger partial charge in [-0.05, 0) is 37.0 Å². The monoisotopic (exact) mass is 522 g/mol. The summed E-state index contributed by atoms with van der Waals surface area (Å²) in [7, 11) is 1.22. The molecule has 200 valence electrons. The smallest absolute Gasteiger partial charge is 0.314 e. The number of furan rings is 1. The lowest BCUT2D eigenvalue weighted by atomic mass is 9.50. The van der Waals surface area contributed by atoms with Crippen molar-refractivity contribution in [3.8, 4) is 0 Å². The van der Waals surface area contributed by atoms with Crippen molar-refractivity contribution in [2.75, 3.05) is 7.11 Å². The molecule has 1 aliphatic heterocycles. The Hall–Kier alpha value is -3.76. The summed E-state index contributed by atoms with van der Waals surface area (Å²) in [6.45, 7) is 0. The molecule has 2 aromatic rings. The lowest BCUT2D eigenvalue weighted by Crippen LogP contribution is -2.76. The second-order valence-electron chi connectivity index (χ2n) is 10.3. The number of allylic oxidation sites excluding steroid dienone is 1. The molecule has 0 spiro atoms. The fraction of sp³-hybridized carbons (Fsp3) is 0.429. The summed E-state index contributed by atoms with van der Waals surface area (Å²) in [4.78, 5) is 52.7. The van der Waals surface area contributed by atoms with Crippen LogP contribution in [0.25, 0.3) is 0 Å². The molecule has 2 heterocycles. The standard InChI is InChI=1S/C28H30N2O8/c1-35-25(33)19-13-20(37-22(31)8-7-16-5-3-2-4-6-16)23(32)24-27(19,29)11-9-18-26(34)38-21(14-28(18,24)30)17-10-12-36-15-17/h2-6,10,12-13,15,18-19,21,24H,7-9,11,14,29-30H2,1H3/t18-,19-,21-,24-,27+,28+/m0/s1. The van der Waals surface area contributed by atoms with Gasteiger partial charge >= 0.3 is 17.9 Å². The molecule has 4 N–H and O–H groups in total. The van der Waals surface area contributed by atoms with Crippen molar-refractivity contribution >= 4 is 23.7 Å². The number of fused-ring (bicyclic) bond motifs is 3. The van der Waals surface area contributed by atoms with Crippen LogP contribution >= 0.6 is 0 Å². The van der Waals surface area contributed by atoms with Gasteiger partial charge in [0.05, 0.1) is 37.4 Å². The van der Waals surface area contributed by atoms with Crippen molar-refractivity contribution in [1.82, 2.24) is 0 Å². The lowest BCUT2D eigenvalue weighted by molar-refractivity contribution is -0.180. The molecular weight excluding hydrogens is 492 g/mol. The van der Waals surface area contributed by atoms with E-state index in [-0.39, 0.29) is 31.4 Å². The van der Waals surface area contributed by atoms with Crippen LogP contribution in [0.4, 0.5) is 0 Å². The SMILES string of the molecule is COC(=O)[C@@H]1C=C(OC(=O)CCc2ccccc2)C(=O)[C@H]2[C@@]1(N)CC[C@H]1C(=O)O[C@H](c3ccoc3)C[C@]21N. The van der Waals surface area contributed by atoms with Crippen LogP contribution in [0.3, 0.4) is 0 Å². The molecule has 1 saturated carbocycles. The van der Waals surface area contributed by atoms with Crippen molar-refractivity contribution < 1.29 is 37.8 Å². The van der Waals surface area contributed by atoms with Gasteiger partial charge in [-0.25, -0.2) is 0 Å². The predicted molar refractivity (Wildman–Crippen MR) is 132 cm³/mol. The first-order valence-electron chi connectivity index (χ1n) is 12.6. The Bertz CT molecular complexity index is 1270. The van der Waals surface area contributed by atoms with Crippen LogP contribution in [0.1, 0.15) is 42.9 Å². The topological polar surface area (TPSA) is 161 Å². The van der Waals surface area contributed by atoms with Gasteiger partial charge in [-0.3, -0.25) is 19.2 Å². The lowest BCUT2D eigenvalue weighted by Gasteiger charge is -2.58. The van der Waals surface area contributed by atoms with Crippen molar-refractivity contribution in [3.05, 3.63) is 71.9 Å². The largest absolute Gasteiger partial charge is 0.472 e. The number of methoxy groups -OCH3 is 1. The molecule has 10 nitrogen and oxygen atoms in total. The van der Waals surface area contributed by atoms with Gasteiger partial charge in [0, 0.05) is 29.5 Å². The number of carbonyl (C=O) groups excluding carboxylic acids is 4. The van der Waals surface area contributed by atoms with Crippen LogP contribution in [0, 0.1) is 17.8 Å². The van der Waals surface area contributed by atoms with E-state index in [0.29, 0.717) is 12.0 Å². The number of rotatable bonds is 6. The van der Waals surface area contributed by atoms with E-state index in [4.69, 9.17) is 30.1 Å². The summed E-state index contributed by atoms with van der Waals surface area (Å²) in [6, 6.07) is 11.0. The van der Waals surface area contributed by atoms with Crippen LogP contribution in [0.2, 0.25) is 0 Å². The maximum atomic E-state index is 14.0. The van der Waals surface area contributed by atoms with E-state index in [1.165, 1.54) is 25.7 Å². The normalized spacial score (nSPS) is 32.3. The molecule has 0 unspecified atom stereocenters. The molecule has 10 heteroatoms. The number of aryl methyl sites for hydroxylation is 1. The van der Waals surface area contributed by atoms with Crippen LogP contribution in [0.5, 0.6) is 0 Å². The third-order valence-corrected chi connectivity index (χ3v) is 8.13. The van der Waals surface area contributed by atoms with Crippen molar-refractivity contribution in [1.29, 1.82) is 0 Å². The van der Waals surface area contributed by atoms with E-state index in [2.05, 4.69) is 0 Å². The van der Waals surface area contributed by atoms with Crippen molar-refractivity contribution in [2.24, 2.45) is 29.2 Å². The fourth-order valence-corrected chi connectivity index (χ4v) is 6.25. The number of ether oxygens (including phenoxy) is 3. The zero-order valence-electron chi connectivity index (χ0n) is 21.0. The van der Waals surface area contributed by atoms with Crippen molar-refractivity contribution in [2.45, 2.75) is 49.3 Å². The fourth-order valence-electron chi connectivity index (χ4n) is 6.25. The third kappa shape index (κ3) is 4.33. The van der Waals surface area contributed by atoms with E-state index in [1.54, 1.807) is 6.07 Å². The highest BCUT2D eigenvalue weighted by Crippen LogP contribution is 2.55. The number of benzene rings is 1. The molecule has 6 atom stereocenters. The van der Waals surface area contributed by atoms with Crippen LogP contribution in [-0.2, 0) is 39.8 Å². The minimum Gasteiger partial charge on any atom is -0.472 e. The average Bonchev–Trinajstić information content (AvgIpc) is 3.44. The quantitative estimate of drug-likeness (QED) is 0.425. The number of hydrogen-bond donors (Lipinski definition) is 2. The average molecular weight is 523 g/mol. The second kappa shape index (κ2) is 9.85. The number of hydrogen-bond acceptors (Lipinski definition) is 10. The van der Waals surface area contributed by atoms with Crippen molar-refractivity contribution in [3.63, 3.8) is 0 Å². The molecule has 2 fully saturated rings. The molecule has 1 aromatic carbocycles. The Labute approximate surface area is 219 Å². The van der Waals surface area contributed by atoms with Gasteiger partial charge in [0.25, 0.3) is 0 Å². The number of Topliss-reactive ketones (excluding diaryl/α,β-unsaturated/α-hetero) is 1. The summed E-state index contributed by atoms with van der Waals surface area (Å²) < 4.78 is 21.3. The van der Waals surface area contributed by atoms with E-state index in [1.807, 2.05) is 30.3 Å². The summed E-state index contributed by atoms with van der Waals surface area (Å²) >= 11 is 0. The van der Waals surface area contributed by atoms with Gasteiger partial charge < -0.3 is 30.1 Å². The maximum absolute atomic E-state index is 14.0. The number of ketones is 1. The first-order valence-corrected chi connectivity index (χ1v) is 12.6. The predicted octanol–water partition coefficient (Wildman–Crippen LogP) is 2.12. The number of carbonyl (C=O) groups is 4. The molecule has 3 aliphatic rings. The minimum atomic E-state index is -1.47. The summed E-state index contributed by atoms with van der Waals surface area (Å²) in [6.07, 6.45) is 4.25. The molecule has 5 rings (SSSR count). The van der Waals surface area contributed by atoms with Crippen LogP contribution < -0.4 is 11.5 Å². The highest BCUT2D eigenvalue weighted by atomic mass is 16.6. The number of esters is 3. The van der Waals surface area contributed by atoms with E-state index < -0.39 is 58.6 Å². The van der Waals surface area contributed by atoms with E-state index >= 15 is 0 Å². The highest BCUT2D eigenvalue weighted by Gasteiger charge is 2.67. The first-order chi connectivity index (χ1) is 18.2. The first kappa shape index (κ1) is 25.9. The van der Waals surface area contributed by atoms with Crippen LogP contribution in [0.15, 0.2) is 65.2 Å². The Balaban J connectivity index is 1.48. The maximum Gasteiger partial charge on any atom is 0.314 e. The summed E-state index contributed by atoms with van der Waals surface area (Å²) in [5.74, 6) is -5.95. The Morgan fingerprint density at radius 1 is 1.11 bits per heavy atom. The zero-order valence-corrected chi connectivity index (χ0v) is 21.0. The third-order valence-electron chi connectivity index (χ3n) is 8.13. The molecule has 38 heavy (non-hydrogen) atoms. The number of nitrogens with two attached hydrogens (primary N) is 2. The second-order valence-corrected chi connectivity index (χ2v) is 10.3. The van der Waals surface area contributed by atoms with Gasteiger partial charge in [-0.15, -0.1) is 0 Å². The molecule has 2 aliphatic carbocycles.